The number of nitrogens with zero attached hydrogens (tertiary/aromatic N) is 1. The molecule has 1 fully saturated rings. The van der Waals surface area contributed by atoms with Gasteiger partial charge < -0.3 is 28.6 Å². The summed E-state index contributed by atoms with van der Waals surface area (Å²) in [6.45, 7) is 3.44. The van der Waals surface area contributed by atoms with Gasteiger partial charge in [0, 0.05) is 12.2 Å². The highest BCUT2D eigenvalue weighted by molar-refractivity contribution is 5.92. The van der Waals surface area contributed by atoms with E-state index in [1.165, 1.54) is 0 Å². The molecule has 5 atom stereocenters. The lowest BCUT2D eigenvalue weighted by atomic mass is 10.1. The second kappa shape index (κ2) is 14.5. The summed E-state index contributed by atoms with van der Waals surface area (Å²) in [5.41, 5.74) is 1.13. The van der Waals surface area contributed by atoms with Crippen LogP contribution in [-0.4, -0.2) is 72.6 Å². The molecule has 3 aromatic carbocycles. The van der Waals surface area contributed by atoms with Crippen molar-refractivity contribution < 1.29 is 42.9 Å². The summed E-state index contributed by atoms with van der Waals surface area (Å²) in [7, 11) is 0. The Hall–Kier alpha value is -5.22. The SMILES string of the molecule is CCOC(=O)C1=CN(C2OC(COC(=O)c3ccccc3)C(OC(=O)c3ccccc3)C2OC(=O)c2ccccc2)C(C)C=C1. The van der Waals surface area contributed by atoms with Gasteiger partial charge in [0.05, 0.1) is 28.9 Å². The molecule has 5 unspecified atom stereocenters. The van der Waals surface area contributed by atoms with Gasteiger partial charge in [0.15, 0.2) is 18.4 Å². The number of ether oxygens (including phenoxy) is 5. The van der Waals surface area contributed by atoms with Crippen molar-refractivity contribution in [2.75, 3.05) is 13.2 Å². The highest BCUT2D eigenvalue weighted by atomic mass is 16.7. The van der Waals surface area contributed by atoms with E-state index >= 15 is 0 Å². The Balaban J connectivity index is 1.50. The van der Waals surface area contributed by atoms with E-state index in [1.807, 2.05) is 6.92 Å². The van der Waals surface area contributed by atoms with Gasteiger partial charge in [-0.05, 0) is 56.3 Å². The Morgan fingerprint density at radius 2 is 1.20 bits per heavy atom. The van der Waals surface area contributed by atoms with Crippen molar-refractivity contribution in [3.05, 3.63) is 132 Å². The van der Waals surface area contributed by atoms with E-state index in [0.717, 1.165) is 0 Å². The smallest absolute Gasteiger partial charge is 0.339 e. The third-order valence-electron chi connectivity index (χ3n) is 7.30. The monoisotopic (exact) mass is 611 g/mol. The van der Waals surface area contributed by atoms with Crippen molar-refractivity contribution in [1.29, 1.82) is 0 Å². The summed E-state index contributed by atoms with van der Waals surface area (Å²) in [6.07, 6.45) is 0.504. The first-order valence-corrected chi connectivity index (χ1v) is 14.6. The lowest BCUT2D eigenvalue weighted by Crippen LogP contribution is -2.49. The minimum Gasteiger partial charge on any atom is -0.462 e. The van der Waals surface area contributed by atoms with E-state index in [9.17, 15) is 19.2 Å². The zero-order valence-electron chi connectivity index (χ0n) is 24.8. The number of esters is 4. The number of hydrogen-bond acceptors (Lipinski definition) is 10. The summed E-state index contributed by atoms with van der Waals surface area (Å²) in [5.74, 6) is -2.50. The molecular weight excluding hydrogens is 578 g/mol. The van der Waals surface area contributed by atoms with E-state index in [0.29, 0.717) is 5.56 Å². The van der Waals surface area contributed by atoms with E-state index in [4.69, 9.17) is 23.7 Å². The number of carbonyl (C=O) groups excluding carboxylic acids is 4. The van der Waals surface area contributed by atoms with Crippen LogP contribution in [0.25, 0.3) is 0 Å². The quantitative estimate of drug-likeness (QED) is 0.235. The van der Waals surface area contributed by atoms with Gasteiger partial charge in [-0.1, -0.05) is 60.7 Å². The van der Waals surface area contributed by atoms with Crippen molar-refractivity contribution in [3.63, 3.8) is 0 Å². The normalized spacial score (nSPS) is 22.2. The molecule has 0 aromatic heterocycles. The molecule has 0 aliphatic carbocycles. The van der Waals surface area contributed by atoms with Gasteiger partial charge in [-0.2, -0.15) is 0 Å². The predicted octanol–water partition coefficient (Wildman–Crippen LogP) is 4.73. The van der Waals surface area contributed by atoms with Crippen molar-refractivity contribution in [2.45, 2.75) is 44.4 Å². The average Bonchev–Trinajstić information content (AvgIpc) is 3.40. The number of rotatable bonds is 10. The Kier molecular flexibility index (Phi) is 10.1. The molecule has 0 saturated carbocycles. The van der Waals surface area contributed by atoms with Gasteiger partial charge in [-0.25, -0.2) is 19.2 Å². The van der Waals surface area contributed by atoms with Crippen molar-refractivity contribution in [1.82, 2.24) is 4.90 Å². The topological polar surface area (TPSA) is 118 Å². The van der Waals surface area contributed by atoms with Gasteiger partial charge in [0.2, 0.25) is 0 Å². The number of hydrogen-bond donors (Lipinski definition) is 0. The zero-order valence-corrected chi connectivity index (χ0v) is 24.8. The fourth-order valence-electron chi connectivity index (χ4n) is 5.00. The minimum absolute atomic E-state index is 0.184. The minimum atomic E-state index is -1.20. The standard InChI is InChI=1S/C35H33NO9/c1-3-41-33(38)27-20-19-23(2)36(21-27)31-30(45-35(40)26-17-11-6-12-18-26)29(44-34(39)25-15-9-5-10-16-25)28(43-31)22-42-32(37)24-13-7-4-8-14-24/h4-21,23,28-31H,3,22H2,1-2H3. The second-order valence-electron chi connectivity index (χ2n) is 10.4. The highest BCUT2D eigenvalue weighted by Gasteiger charge is 2.53. The molecule has 0 bridgehead atoms. The maximum absolute atomic E-state index is 13.4. The van der Waals surface area contributed by atoms with Crippen LogP contribution in [0, 0.1) is 0 Å². The van der Waals surface area contributed by atoms with Crippen LogP contribution in [0.15, 0.2) is 115 Å². The average molecular weight is 612 g/mol. The molecule has 232 valence electrons. The van der Waals surface area contributed by atoms with E-state index in [1.54, 1.807) is 121 Å². The molecule has 0 N–H and O–H groups in total. The highest BCUT2D eigenvalue weighted by Crippen LogP contribution is 2.34. The van der Waals surface area contributed by atoms with Crippen LogP contribution in [0.1, 0.15) is 44.9 Å². The molecule has 2 aliphatic heterocycles. The molecule has 0 amide bonds. The predicted molar refractivity (Wildman–Crippen MR) is 162 cm³/mol. The Morgan fingerprint density at radius 1 is 0.689 bits per heavy atom. The fraction of sp³-hybridized carbons (Fsp3) is 0.257. The van der Waals surface area contributed by atoms with Crippen LogP contribution in [0.2, 0.25) is 0 Å². The van der Waals surface area contributed by atoms with Gasteiger partial charge in [0.1, 0.15) is 12.7 Å². The maximum Gasteiger partial charge on any atom is 0.339 e. The largest absolute Gasteiger partial charge is 0.462 e. The van der Waals surface area contributed by atoms with E-state index in [2.05, 4.69) is 0 Å². The molecule has 5 rings (SSSR count). The molecule has 2 heterocycles. The lowest BCUT2D eigenvalue weighted by Gasteiger charge is -2.36. The van der Waals surface area contributed by atoms with Gasteiger partial charge in [-0.15, -0.1) is 0 Å². The molecule has 3 aromatic rings. The molecular formula is C35H33NO9. The van der Waals surface area contributed by atoms with Crippen molar-refractivity contribution in [2.24, 2.45) is 0 Å². The van der Waals surface area contributed by atoms with Crippen LogP contribution in [-0.2, 0) is 28.5 Å². The summed E-state index contributed by atoms with van der Waals surface area (Å²) < 4.78 is 29.2. The van der Waals surface area contributed by atoms with Crippen LogP contribution >= 0.6 is 0 Å². The number of carbonyl (C=O) groups is 4. The lowest BCUT2D eigenvalue weighted by molar-refractivity contribution is -0.138. The molecule has 0 radical (unpaired) electrons. The van der Waals surface area contributed by atoms with Crippen LogP contribution in [0.4, 0.5) is 0 Å². The molecule has 10 nitrogen and oxygen atoms in total. The second-order valence-corrected chi connectivity index (χ2v) is 10.4. The van der Waals surface area contributed by atoms with Gasteiger partial charge in [-0.3, -0.25) is 0 Å². The van der Waals surface area contributed by atoms with Crippen molar-refractivity contribution in [3.8, 4) is 0 Å². The summed E-state index contributed by atoms with van der Waals surface area (Å²) in [4.78, 5) is 53.9. The van der Waals surface area contributed by atoms with Crippen LogP contribution < -0.4 is 0 Å². The molecule has 2 aliphatic rings. The maximum atomic E-state index is 13.4. The Morgan fingerprint density at radius 3 is 1.73 bits per heavy atom. The third-order valence-corrected chi connectivity index (χ3v) is 7.30. The third kappa shape index (κ3) is 7.47. The molecule has 10 heteroatoms. The number of benzene rings is 3. The molecule has 45 heavy (non-hydrogen) atoms. The first-order chi connectivity index (χ1) is 21.9. The summed E-state index contributed by atoms with van der Waals surface area (Å²) in [6, 6.07) is 24.8. The molecule has 1 saturated heterocycles. The first kappa shape index (κ1) is 31.2. The van der Waals surface area contributed by atoms with Crippen molar-refractivity contribution >= 4 is 23.9 Å². The van der Waals surface area contributed by atoms with E-state index in [-0.39, 0.29) is 36.0 Å². The molecule has 0 spiro atoms. The fourth-order valence-corrected chi connectivity index (χ4v) is 5.00. The van der Waals surface area contributed by atoms with Gasteiger partial charge >= 0.3 is 23.9 Å². The van der Waals surface area contributed by atoms with Crippen LogP contribution in [0.5, 0.6) is 0 Å². The first-order valence-electron chi connectivity index (χ1n) is 14.6. The zero-order chi connectivity index (χ0) is 31.8. The summed E-state index contributed by atoms with van der Waals surface area (Å²) >= 11 is 0. The van der Waals surface area contributed by atoms with E-state index < -0.39 is 48.4 Å². The van der Waals surface area contributed by atoms with Gasteiger partial charge in [0.25, 0.3) is 0 Å². The Labute approximate surface area is 260 Å². The summed E-state index contributed by atoms with van der Waals surface area (Å²) in [5, 5.41) is 0. The Bertz CT molecular complexity index is 1560. The van der Waals surface area contributed by atoms with Crippen LogP contribution in [0.3, 0.4) is 0 Å².